The molecule has 1 heterocycles. The van der Waals surface area contributed by atoms with Crippen LogP contribution in [0.3, 0.4) is 0 Å². The molecule has 24 heavy (non-hydrogen) atoms. The molecule has 0 amide bonds. The molecule has 3 aromatic carbocycles. The zero-order valence-electron chi connectivity index (χ0n) is 13.4. The first kappa shape index (κ1) is 14.4. The molecule has 0 unspecified atom stereocenters. The summed E-state index contributed by atoms with van der Waals surface area (Å²) in [6.07, 6.45) is 0. The third-order valence-corrected chi connectivity index (χ3v) is 3.92. The monoisotopic (exact) mass is 311 g/mol. The van der Waals surface area contributed by atoms with E-state index in [2.05, 4.69) is 31.2 Å². The molecule has 3 nitrogen and oxygen atoms in total. The number of aryl methyl sites for hydroxylation is 1. The second-order valence-corrected chi connectivity index (χ2v) is 5.74. The lowest BCUT2D eigenvalue weighted by Crippen LogP contribution is -1.99. The third-order valence-electron chi connectivity index (χ3n) is 3.92. The predicted molar refractivity (Wildman–Crippen MR) is 97.0 cm³/mol. The standard InChI is InChI=1S/C21H17N3/c1-16-9-8-12-18(15-16)20-22-21(17-10-4-2-5-11-17)24(23-20)19-13-6-3-7-14-19/h2-15H,1H3. The van der Waals surface area contributed by atoms with Crippen LogP contribution in [0, 0.1) is 6.92 Å². The summed E-state index contributed by atoms with van der Waals surface area (Å²) >= 11 is 0. The first-order valence-corrected chi connectivity index (χ1v) is 7.96. The van der Waals surface area contributed by atoms with E-state index in [0.29, 0.717) is 0 Å². The molecule has 1 aromatic heterocycles. The van der Waals surface area contributed by atoms with Gasteiger partial charge in [0.2, 0.25) is 0 Å². The summed E-state index contributed by atoms with van der Waals surface area (Å²) in [5, 5.41) is 4.77. The lowest BCUT2D eigenvalue weighted by atomic mass is 10.1. The van der Waals surface area contributed by atoms with E-state index in [9.17, 15) is 0 Å². The maximum Gasteiger partial charge on any atom is 0.182 e. The summed E-state index contributed by atoms with van der Waals surface area (Å²) < 4.78 is 1.91. The SMILES string of the molecule is Cc1cccc(-c2nc(-c3ccccc3)n(-c3ccccc3)n2)c1. The maximum absolute atomic E-state index is 4.82. The second-order valence-electron chi connectivity index (χ2n) is 5.74. The van der Waals surface area contributed by atoms with E-state index in [-0.39, 0.29) is 0 Å². The molecule has 0 radical (unpaired) electrons. The fourth-order valence-corrected chi connectivity index (χ4v) is 2.74. The van der Waals surface area contributed by atoms with Gasteiger partial charge in [0.25, 0.3) is 0 Å². The van der Waals surface area contributed by atoms with Crippen molar-refractivity contribution in [1.82, 2.24) is 14.8 Å². The van der Waals surface area contributed by atoms with Gasteiger partial charge in [-0.05, 0) is 25.1 Å². The summed E-state index contributed by atoms with van der Waals surface area (Å²) in [7, 11) is 0. The van der Waals surface area contributed by atoms with Gasteiger partial charge in [0, 0.05) is 11.1 Å². The highest BCUT2D eigenvalue weighted by atomic mass is 15.4. The van der Waals surface area contributed by atoms with E-state index >= 15 is 0 Å². The van der Waals surface area contributed by atoms with Crippen LogP contribution in [0.1, 0.15) is 5.56 Å². The Hall–Kier alpha value is -3.20. The topological polar surface area (TPSA) is 30.7 Å². The number of rotatable bonds is 3. The van der Waals surface area contributed by atoms with Gasteiger partial charge in [0.1, 0.15) is 0 Å². The minimum atomic E-state index is 0.737. The van der Waals surface area contributed by atoms with Crippen LogP contribution in [-0.4, -0.2) is 14.8 Å². The highest BCUT2D eigenvalue weighted by Crippen LogP contribution is 2.25. The highest BCUT2D eigenvalue weighted by Gasteiger charge is 2.14. The predicted octanol–water partition coefficient (Wildman–Crippen LogP) is 4.91. The van der Waals surface area contributed by atoms with E-state index in [1.165, 1.54) is 5.56 Å². The summed E-state index contributed by atoms with van der Waals surface area (Å²) in [5.74, 6) is 1.58. The lowest BCUT2D eigenvalue weighted by Gasteiger charge is -2.05. The Balaban J connectivity index is 1.91. The van der Waals surface area contributed by atoms with Crippen molar-refractivity contribution in [3.8, 4) is 28.5 Å². The Bertz CT molecular complexity index is 900. The maximum atomic E-state index is 4.82. The lowest BCUT2D eigenvalue weighted by molar-refractivity contribution is 0.890. The van der Waals surface area contributed by atoms with E-state index < -0.39 is 0 Å². The average molecular weight is 311 g/mol. The summed E-state index contributed by atoms with van der Waals surface area (Å²) in [6, 6.07) is 28.6. The van der Waals surface area contributed by atoms with Crippen LogP contribution in [0.15, 0.2) is 84.9 Å². The van der Waals surface area contributed by atoms with Gasteiger partial charge in [-0.2, -0.15) is 0 Å². The molecular formula is C21H17N3. The smallest absolute Gasteiger partial charge is 0.182 e. The molecule has 0 aliphatic heterocycles. The Morgan fingerprint density at radius 1 is 0.708 bits per heavy atom. The third kappa shape index (κ3) is 2.72. The number of benzene rings is 3. The second kappa shape index (κ2) is 6.13. The number of hydrogen-bond acceptors (Lipinski definition) is 2. The molecule has 4 aromatic rings. The van der Waals surface area contributed by atoms with Crippen molar-refractivity contribution in [2.45, 2.75) is 6.92 Å². The molecule has 0 bridgehead atoms. The molecule has 3 heteroatoms. The Kier molecular flexibility index (Phi) is 3.67. The first-order valence-electron chi connectivity index (χ1n) is 7.96. The number of nitrogens with zero attached hydrogens (tertiary/aromatic N) is 3. The van der Waals surface area contributed by atoms with Crippen molar-refractivity contribution in [3.05, 3.63) is 90.5 Å². The van der Waals surface area contributed by atoms with Crippen molar-refractivity contribution >= 4 is 0 Å². The summed E-state index contributed by atoms with van der Waals surface area (Å²) in [5.41, 5.74) is 4.28. The fourth-order valence-electron chi connectivity index (χ4n) is 2.74. The number of para-hydroxylation sites is 1. The van der Waals surface area contributed by atoms with Crippen LogP contribution >= 0.6 is 0 Å². The molecule has 0 spiro atoms. The van der Waals surface area contributed by atoms with E-state index in [0.717, 1.165) is 28.5 Å². The summed E-state index contributed by atoms with van der Waals surface area (Å²) in [4.78, 5) is 4.82. The van der Waals surface area contributed by atoms with Crippen LogP contribution in [0.5, 0.6) is 0 Å². The van der Waals surface area contributed by atoms with Crippen LogP contribution < -0.4 is 0 Å². The van der Waals surface area contributed by atoms with Crippen molar-refractivity contribution in [2.24, 2.45) is 0 Å². The first-order chi connectivity index (χ1) is 11.8. The zero-order valence-corrected chi connectivity index (χ0v) is 13.4. The van der Waals surface area contributed by atoms with E-state index in [1.54, 1.807) is 0 Å². The molecule has 116 valence electrons. The van der Waals surface area contributed by atoms with E-state index in [4.69, 9.17) is 10.1 Å². The van der Waals surface area contributed by atoms with Crippen molar-refractivity contribution < 1.29 is 0 Å². The Morgan fingerprint density at radius 3 is 2.08 bits per heavy atom. The van der Waals surface area contributed by atoms with Gasteiger partial charge in [-0.25, -0.2) is 9.67 Å². The molecule has 0 atom stereocenters. The summed E-state index contributed by atoms with van der Waals surface area (Å²) in [6.45, 7) is 2.08. The molecular weight excluding hydrogens is 294 g/mol. The minimum Gasteiger partial charge on any atom is -0.213 e. The van der Waals surface area contributed by atoms with Gasteiger partial charge in [-0.1, -0.05) is 72.3 Å². The molecule has 0 N–H and O–H groups in total. The Labute approximate surface area is 141 Å². The quantitative estimate of drug-likeness (QED) is 0.538. The van der Waals surface area contributed by atoms with Gasteiger partial charge in [0.05, 0.1) is 5.69 Å². The van der Waals surface area contributed by atoms with Crippen LogP contribution in [0.4, 0.5) is 0 Å². The van der Waals surface area contributed by atoms with Crippen molar-refractivity contribution in [1.29, 1.82) is 0 Å². The molecule has 0 aliphatic rings. The number of hydrogen-bond donors (Lipinski definition) is 0. The largest absolute Gasteiger partial charge is 0.213 e. The van der Waals surface area contributed by atoms with Crippen molar-refractivity contribution in [3.63, 3.8) is 0 Å². The van der Waals surface area contributed by atoms with Gasteiger partial charge in [0.15, 0.2) is 11.6 Å². The van der Waals surface area contributed by atoms with E-state index in [1.807, 2.05) is 65.3 Å². The van der Waals surface area contributed by atoms with Gasteiger partial charge in [-0.15, -0.1) is 5.10 Å². The van der Waals surface area contributed by atoms with Crippen LogP contribution in [-0.2, 0) is 0 Å². The molecule has 0 saturated carbocycles. The van der Waals surface area contributed by atoms with Crippen molar-refractivity contribution in [2.75, 3.05) is 0 Å². The van der Waals surface area contributed by atoms with Gasteiger partial charge in [-0.3, -0.25) is 0 Å². The molecule has 0 saturated heterocycles. The zero-order chi connectivity index (χ0) is 16.4. The highest BCUT2D eigenvalue weighted by molar-refractivity contribution is 5.64. The minimum absolute atomic E-state index is 0.737. The number of aromatic nitrogens is 3. The van der Waals surface area contributed by atoms with Gasteiger partial charge >= 0.3 is 0 Å². The molecule has 4 rings (SSSR count). The van der Waals surface area contributed by atoms with Crippen LogP contribution in [0.25, 0.3) is 28.5 Å². The fraction of sp³-hybridized carbons (Fsp3) is 0.0476. The normalized spacial score (nSPS) is 10.7. The molecule has 0 fully saturated rings. The molecule has 0 aliphatic carbocycles. The Morgan fingerprint density at radius 2 is 1.38 bits per heavy atom. The van der Waals surface area contributed by atoms with Gasteiger partial charge < -0.3 is 0 Å². The van der Waals surface area contributed by atoms with Crippen LogP contribution in [0.2, 0.25) is 0 Å². The average Bonchev–Trinajstić information content (AvgIpc) is 3.09.